The number of allylic oxidation sites excluding steroid dienone is 3. The highest BCUT2D eigenvalue weighted by atomic mass is 127. The Morgan fingerprint density at radius 2 is 0.781 bits per heavy atom. The van der Waals surface area contributed by atoms with E-state index < -0.39 is 185 Å². The summed E-state index contributed by atoms with van der Waals surface area (Å²) in [6, 6.07) is 2.52. The summed E-state index contributed by atoms with van der Waals surface area (Å²) in [5.41, 5.74) is 2.66. The van der Waals surface area contributed by atoms with E-state index in [0.29, 0.717) is 17.4 Å². The van der Waals surface area contributed by atoms with Crippen molar-refractivity contribution >= 4 is 69.3 Å². The van der Waals surface area contributed by atoms with Crippen LogP contribution in [0.3, 0.4) is 0 Å². The molecule has 2 aromatic heterocycles. The molecule has 10 heterocycles. The van der Waals surface area contributed by atoms with Gasteiger partial charge in [0.2, 0.25) is 48.9 Å². The van der Waals surface area contributed by atoms with Crippen molar-refractivity contribution in [3.63, 3.8) is 0 Å². The molecular formula is C60H78F10IN9O16. The van der Waals surface area contributed by atoms with Crippen LogP contribution in [0.15, 0.2) is 70.9 Å². The van der Waals surface area contributed by atoms with Gasteiger partial charge in [-0.25, -0.2) is 44.7 Å². The summed E-state index contributed by atoms with van der Waals surface area (Å²) >= 11 is 1.87. The number of anilines is 2. The molecule has 96 heavy (non-hydrogen) atoms. The average Bonchev–Trinajstić information content (AvgIpc) is 1.63. The fourth-order valence-electron chi connectivity index (χ4n) is 11.4. The Bertz CT molecular complexity index is 3310. The molecule has 5 fully saturated rings. The highest BCUT2D eigenvalue weighted by Gasteiger charge is 2.69. The molecule has 0 unspecified atom stereocenters. The number of aliphatic hydroxyl groups excluding tert-OH is 3. The van der Waals surface area contributed by atoms with Gasteiger partial charge < -0.3 is 50.5 Å². The predicted octanol–water partition coefficient (Wildman–Crippen LogP) is 6.19. The molecule has 2 aromatic rings. The van der Waals surface area contributed by atoms with Gasteiger partial charge in [0.05, 0.1) is 78.6 Å². The lowest BCUT2D eigenvalue weighted by molar-refractivity contribution is -0.175. The fourth-order valence-corrected chi connectivity index (χ4v) is 12.4. The van der Waals surface area contributed by atoms with E-state index in [0.717, 1.165) is 62.3 Å². The standard InChI is InChI=1S/C13H17F2NO3.C12H14F2INO4.C12H17F2N3O2.C12H15F2NO4.C11H15F2N3O3/c1-4-12(3)8(2)13(14,15)11(19-12)16-6-5-9(17)7-10(16)18;1-7-11(5-15,6-17)20-10(12(7,13)14)16-3-2-8(18)4-9(16)19;1-4-11(3)7(2)12(13,14)9(19-11)17-6-5-8(15)16-10(17)18;1-7-11(2,6-16)19-10(12(7,13)14)15-4-3-8(17)5-9(15)18;1-3-10(2)7(17)11(12,13)8(19-10)16-5-4-6(14)15-9(16)18/h5-6,8,11H,4,7H2,1-3H3;2-3,7,10,17H,4-6H2,1H3;5-7,9H,4H2,1-3H3,(H2,15,16,18);3-4,7,10,16H,5-6H2,1-2H3;4-5,7-8,17H,3H2,1-2H3,(H2,14,15,18)/t8-,11-,12-;7-,10-,11-;7-,9-,11-;7-,10-,11-;7-,8-,10-/m11111/s1. The zero-order chi connectivity index (χ0) is 72.8. The Hall–Kier alpha value is -6.29. The molecule has 0 aliphatic carbocycles. The number of carbonyl (C=O) groups is 6. The molecular weight excluding hydrogens is 1420 g/mol. The minimum absolute atomic E-state index is 0.00568. The van der Waals surface area contributed by atoms with Gasteiger partial charge in [0.25, 0.3) is 23.7 Å². The van der Waals surface area contributed by atoms with Gasteiger partial charge in [-0.15, -0.1) is 0 Å². The van der Waals surface area contributed by atoms with Crippen LogP contribution in [0.5, 0.6) is 0 Å². The number of hydrogen-bond donors (Lipinski definition) is 5. The van der Waals surface area contributed by atoms with Crippen LogP contribution in [-0.2, 0) is 52.5 Å². The summed E-state index contributed by atoms with van der Waals surface area (Å²) < 4.78 is 171. The summed E-state index contributed by atoms with van der Waals surface area (Å²) in [5.74, 6) is -24.4. The monoisotopic (exact) mass is 1500 g/mol. The molecule has 8 aliphatic heterocycles. The van der Waals surface area contributed by atoms with E-state index in [9.17, 15) is 97.6 Å². The first-order valence-electron chi connectivity index (χ1n) is 30.2. The lowest BCUT2D eigenvalue weighted by atomic mass is 9.86. The number of ketones is 3. The van der Waals surface area contributed by atoms with E-state index in [1.54, 1.807) is 34.6 Å². The second-order valence-electron chi connectivity index (χ2n) is 25.2. The summed E-state index contributed by atoms with van der Waals surface area (Å²) in [6.07, 6.45) is -2.32. The van der Waals surface area contributed by atoms with Crippen LogP contribution in [-0.4, -0.2) is 184 Å². The summed E-state index contributed by atoms with van der Waals surface area (Å²) in [4.78, 5) is 101. The zero-order valence-electron chi connectivity index (χ0n) is 54.0. The highest BCUT2D eigenvalue weighted by Crippen LogP contribution is 2.55. The normalized spacial score (nSPS) is 36.0. The maximum atomic E-state index is 14.4. The van der Waals surface area contributed by atoms with Gasteiger partial charge in [0, 0.05) is 35.4 Å². The number of alkyl halides is 11. The van der Waals surface area contributed by atoms with Crippen molar-refractivity contribution in [3.05, 3.63) is 82.3 Å². The van der Waals surface area contributed by atoms with Gasteiger partial charge in [-0.3, -0.25) is 52.6 Å². The highest BCUT2D eigenvalue weighted by molar-refractivity contribution is 14.1. The molecule has 0 aromatic carbocycles. The van der Waals surface area contributed by atoms with Crippen LogP contribution in [0.25, 0.3) is 0 Å². The molecule has 36 heteroatoms. The van der Waals surface area contributed by atoms with E-state index in [-0.39, 0.29) is 34.7 Å². The number of nitrogens with two attached hydrogens (primary N) is 2. The smallest absolute Gasteiger partial charge is 0.351 e. The van der Waals surface area contributed by atoms with E-state index in [2.05, 4.69) is 9.97 Å². The minimum atomic E-state index is -3.59. The van der Waals surface area contributed by atoms with Crippen LogP contribution in [0, 0.1) is 23.7 Å². The number of rotatable bonds is 11. The Balaban J connectivity index is 0.000000190. The summed E-state index contributed by atoms with van der Waals surface area (Å²) in [5, 5.41) is 28.3. The topological polar surface area (TPSA) is 341 Å². The lowest BCUT2D eigenvalue weighted by Gasteiger charge is -2.31. The molecule has 0 saturated carbocycles. The molecule has 536 valence electrons. The van der Waals surface area contributed by atoms with Crippen LogP contribution in [0.2, 0.25) is 0 Å². The third kappa shape index (κ3) is 14.7. The Morgan fingerprint density at radius 3 is 1.06 bits per heavy atom. The number of carbonyl (C=O) groups excluding carboxylic acids is 6. The van der Waals surface area contributed by atoms with Crippen LogP contribution >= 0.6 is 22.6 Å². The van der Waals surface area contributed by atoms with Crippen molar-refractivity contribution < 1.29 is 112 Å². The molecule has 0 bridgehead atoms. The molecule has 7 N–H and O–H groups in total. The fraction of sp³-hybridized carbons (Fsp3) is 0.667. The van der Waals surface area contributed by atoms with Gasteiger partial charge in [0.1, 0.15) is 17.2 Å². The van der Waals surface area contributed by atoms with E-state index in [1.165, 1.54) is 59.9 Å². The Kier molecular flexibility index (Phi) is 23.4. The molecule has 0 spiro atoms. The molecule has 25 nitrogen and oxygen atoms in total. The van der Waals surface area contributed by atoms with Crippen molar-refractivity contribution in [2.24, 2.45) is 23.7 Å². The van der Waals surface area contributed by atoms with E-state index in [1.807, 2.05) is 22.6 Å². The maximum absolute atomic E-state index is 14.4. The summed E-state index contributed by atoms with van der Waals surface area (Å²) in [7, 11) is 0. The minimum Gasteiger partial charge on any atom is -0.393 e. The van der Waals surface area contributed by atoms with Crippen LogP contribution in [0.4, 0.5) is 55.5 Å². The van der Waals surface area contributed by atoms with Crippen molar-refractivity contribution in [3.8, 4) is 0 Å². The third-order valence-corrected chi connectivity index (χ3v) is 20.6. The molecule has 8 aliphatic rings. The number of nitrogens with zero attached hydrogens (tertiary/aromatic N) is 7. The van der Waals surface area contributed by atoms with Crippen molar-refractivity contribution in [1.82, 2.24) is 33.8 Å². The molecule has 0 radical (unpaired) electrons. The van der Waals surface area contributed by atoms with Crippen molar-refractivity contribution in [2.75, 3.05) is 29.1 Å². The van der Waals surface area contributed by atoms with E-state index >= 15 is 0 Å². The maximum Gasteiger partial charge on any atom is 0.351 e. The SMILES string of the molecule is CC[C@@]1(C)O[C@@H](N2C=CC(=O)CC2=O)C(F)(F)[C@@H]1C.CC[C@@]1(C)O[C@@H](n2ccc(N)nc2=O)C(F)(F)[C@@H]1C.CC[C@@]1(C)O[C@@H](n2ccc(N)nc2=O)C(F)(F)[C@@H]1O.C[C@H]1C(F)(F)[C@H](N2C=CC(=O)CC2=O)O[C@@]1(CO)CI.C[C@H]1C(F)(F)[C@H](N2C=CC(=O)CC2=O)O[C@]1(C)CO. The number of aromatic nitrogens is 4. The second kappa shape index (κ2) is 28.5. The van der Waals surface area contributed by atoms with Crippen LogP contribution in [0.1, 0.15) is 127 Å². The van der Waals surface area contributed by atoms with Crippen LogP contribution < -0.4 is 22.8 Å². The molecule has 15 atom stereocenters. The van der Waals surface area contributed by atoms with Gasteiger partial charge >= 0.3 is 17.3 Å². The van der Waals surface area contributed by atoms with Gasteiger partial charge in [-0.05, 0) is 77.3 Å². The third-order valence-electron chi connectivity index (χ3n) is 19.3. The largest absolute Gasteiger partial charge is 0.393 e. The Morgan fingerprint density at radius 1 is 0.479 bits per heavy atom. The molecule has 3 amide bonds. The zero-order valence-corrected chi connectivity index (χ0v) is 56.2. The van der Waals surface area contributed by atoms with Gasteiger partial charge in [-0.2, -0.15) is 18.7 Å². The number of aliphatic hydroxyl groups is 3. The average molecular weight is 1500 g/mol. The molecule has 5 saturated heterocycles. The van der Waals surface area contributed by atoms with E-state index in [4.69, 9.17) is 35.2 Å². The lowest BCUT2D eigenvalue weighted by Crippen LogP contribution is -2.48. The first-order valence-corrected chi connectivity index (χ1v) is 31.7. The quantitative estimate of drug-likeness (QED) is 0.0725. The first kappa shape index (κ1) is 78.7. The Labute approximate surface area is 557 Å². The van der Waals surface area contributed by atoms with Gasteiger partial charge in [-0.1, -0.05) is 71.1 Å². The van der Waals surface area contributed by atoms with Crippen molar-refractivity contribution in [1.29, 1.82) is 0 Å². The predicted molar refractivity (Wildman–Crippen MR) is 325 cm³/mol. The number of amides is 3. The van der Waals surface area contributed by atoms with Crippen molar-refractivity contribution in [2.45, 2.75) is 210 Å². The first-order chi connectivity index (χ1) is 44.2. The number of nitrogen functional groups attached to an aromatic ring is 2. The summed E-state index contributed by atoms with van der Waals surface area (Å²) in [6.45, 7) is 15.4. The number of ether oxygens (including phenoxy) is 5. The number of halogens is 11. The molecule has 10 rings (SSSR count). The number of hydrogen-bond acceptors (Lipinski definition) is 20. The van der Waals surface area contributed by atoms with Gasteiger partial charge in [0.15, 0.2) is 23.5 Å². The second-order valence-corrected chi connectivity index (χ2v) is 26.0.